The van der Waals surface area contributed by atoms with Crippen molar-refractivity contribution in [1.82, 2.24) is 15.2 Å². The molecule has 3 aromatic carbocycles. The van der Waals surface area contributed by atoms with E-state index in [4.69, 9.17) is 15.2 Å². The molecule has 1 amide bonds. The van der Waals surface area contributed by atoms with Crippen LogP contribution in [-0.2, 0) is 4.74 Å². The fraction of sp³-hybridized carbons (Fsp3) is 0.214. The number of nitrogens with zero attached hydrogens (tertiary/aromatic N) is 2. The first-order chi connectivity index (χ1) is 18.0. The number of morpholine rings is 1. The zero-order valence-corrected chi connectivity index (χ0v) is 20.3. The number of aromatic hydroxyl groups is 1. The Morgan fingerprint density at radius 1 is 1.05 bits per heavy atom. The predicted molar refractivity (Wildman–Crippen MR) is 144 cm³/mol. The summed E-state index contributed by atoms with van der Waals surface area (Å²) in [6.07, 6.45) is 1.62. The first-order valence-corrected chi connectivity index (χ1v) is 12.2. The van der Waals surface area contributed by atoms with Crippen molar-refractivity contribution in [2.24, 2.45) is 0 Å². The van der Waals surface area contributed by atoms with Gasteiger partial charge in [-0.3, -0.25) is 9.69 Å². The molecule has 5 rings (SSSR count). The fourth-order valence-electron chi connectivity index (χ4n) is 4.27. The lowest BCUT2D eigenvalue weighted by Gasteiger charge is -2.26. The fourth-order valence-corrected chi connectivity index (χ4v) is 4.27. The average molecular weight is 500 g/mol. The minimum absolute atomic E-state index is 0.0240. The lowest BCUT2D eigenvalue weighted by atomic mass is 10.1. The number of nitrogen functional groups attached to an aromatic ring is 1. The highest BCUT2D eigenvalue weighted by Crippen LogP contribution is 2.34. The summed E-state index contributed by atoms with van der Waals surface area (Å²) in [4.78, 5) is 19.3. The molecule has 190 valence electrons. The van der Waals surface area contributed by atoms with E-state index in [1.165, 1.54) is 12.1 Å². The maximum Gasteiger partial charge on any atom is 0.251 e. The molecule has 37 heavy (non-hydrogen) atoms. The smallest absolute Gasteiger partial charge is 0.251 e. The van der Waals surface area contributed by atoms with Crippen LogP contribution in [0.25, 0.3) is 10.8 Å². The molecule has 4 aromatic rings. The van der Waals surface area contributed by atoms with E-state index in [1.54, 1.807) is 24.4 Å². The summed E-state index contributed by atoms with van der Waals surface area (Å²) in [7, 11) is 0. The summed E-state index contributed by atoms with van der Waals surface area (Å²) in [5.74, 6) is 1.47. The van der Waals surface area contributed by atoms with Crippen LogP contribution in [0.4, 0.5) is 17.2 Å². The Bertz CT molecular complexity index is 1400. The molecule has 9 nitrogen and oxygen atoms in total. The Labute approximate surface area is 214 Å². The number of rotatable bonds is 8. The number of benzene rings is 3. The first-order valence-electron chi connectivity index (χ1n) is 12.2. The Morgan fingerprint density at radius 2 is 1.86 bits per heavy atom. The second-order valence-corrected chi connectivity index (χ2v) is 8.78. The third kappa shape index (κ3) is 6.08. The molecular weight excluding hydrogens is 470 g/mol. The van der Waals surface area contributed by atoms with E-state index in [0.717, 1.165) is 30.4 Å². The van der Waals surface area contributed by atoms with E-state index in [9.17, 15) is 9.90 Å². The van der Waals surface area contributed by atoms with Crippen molar-refractivity contribution in [2.45, 2.75) is 0 Å². The number of aromatic nitrogens is 1. The summed E-state index contributed by atoms with van der Waals surface area (Å²) in [5.41, 5.74) is 7.67. The number of hydrogen-bond acceptors (Lipinski definition) is 8. The number of carbonyl (C=O) groups excluding carboxylic acids is 1. The number of phenolic OH excluding ortho intramolecular Hbond substituents is 1. The summed E-state index contributed by atoms with van der Waals surface area (Å²) >= 11 is 0. The molecule has 2 heterocycles. The largest absolute Gasteiger partial charge is 0.508 e. The van der Waals surface area contributed by atoms with Crippen molar-refractivity contribution in [3.63, 3.8) is 0 Å². The van der Waals surface area contributed by atoms with Crippen molar-refractivity contribution in [3.05, 3.63) is 78.5 Å². The molecule has 5 N–H and O–H groups in total. The topological polar surface area (TPSA) is 122 Å². The molecule has 0 bridgehead atoms. The normalized spacial score (nSPS) is 13.8. The third-order valence-electron chi connectivity index (χ3n) is 6.15. The number of carbonyl (C=O) groups is 1. The van der Waals surface area contributed by atoms with E-state index in [2.05, 4.69) is 20.5 Å². The Balaban J connectivity index is 1.26. The molecule has 9 heteroatoms. The first kappa shape index (κ1) is 24.4. The van der Waals surface area contributed by atoms with Crippen LogP contribution in [-0.4, -0.2) is 60.3 Å². The van der Waals surface area contributed by atoms with E-state index in [0.29, 0.717) is 54.0 Å². The summed E-state index contributed by atoms with van der Waals surface area (Å²) in [6.45, 7) is 4.41. The molecular formula is C28H29N5O4. The van der Waals surface area contributed by atoms with Gasteiger partial charge in [-0.15, -0.1) is 0 Å². The van der Waals surface area contributed by atoms with Gasteiger partial charge in [-0.05, 0) is 30.3 Å². The highest BCUT2D eigenvalue weighted by molar-refractivity contribution is 5.97. The van der Waals surface area contributed by atoms with Gasteiger partial charge in [0.25, 0.3) is 5.91 Å². The van der Waals surface area contributed by atoms with Crippen LogP contribution in [0.2, 0.25) is 0 Å². The van der Waals surface area contributed by atoms with Gasteiger partial charge in [0.05, 0.1) is 13.2 Å². The molecule has 1 fully saturated rings. The van der Waals surface area contributed by atoms with Crippen LogP contribution in [0, 0.1) is 0 Å². The van der Waals surface area contributed by atoms with Gasteiger partial charge in [0, 0.05) is 72.2 Å². The maximum atomic E-state index is 12.7. The van der Waals surface area contributed by atoms with Gasteiger partial charge in [-0.25, -0.2) is 4.98 Å². The number of phenols is 1. The van der Waals surface area contributed by atoms with Gasteiger partial charge in [0.15, 0.2) is 0 Å². The highest BCUT2D eigenvalue weighted by atomic mass is 16.5. The zero-order valence-electron chi connectivity index (χ0n) is 20.3. The summed E-state index contributed by atoms with van der Waals surface area (Å²) < 4.78 is 11.5. The number of nitrogens with two attached hydrogens (primary N) is 1. The lowest BCUT2D eigenvalue weighted by molar-refractivity contribution is 0.0383. The molecule has 1 saturated heterocycles. The van der Waals surface area contributed by atoms with Crippen LogP contribution in [0.3, 0.4) is 0 Å². The lowest BCUT2D eigenvalue weighted by Crippen LogP contribution is -2.41. The SMILES string of the molecule is Nc1ccc(Oc2ccnc(Nc3cc(O)cc(C(=O)NCCN4CCOCC4)c3)c2)c2ccccc12. The van der Waals surface area contributed by atoms with Gasteiger partial charge in [-0.1, -0.05) is 24.3 Å². The van der Waals surface area contributed by atoms with Gasteiger partial charge in [-0.2, -0.15) is 0 Å². The van der Waals surface area contributed by atoms with Gasteiger partial charge in [0.2, 0.25) is 0 Å². The van der Waals surface area contributed by atoms with Gasteiger partial charge in [0.1, 0.15) is 23.1 Å². The molecule has 1 aromatic heterocycles. The van der Waals surface area contributed by atoms with Crippen LogP contribution in [0.5, 0.6) is 17.2 Å². The molecule has 1 aliphatic heterocycles. The van der Waals surface area contributed by atoms with Crippen molar-refractivity contribution >= 4 is 33.9 Å². The Morgan fingerprint density at radius 3 is 2.70 bits per heavy atom. The van der Waals surface area contributed by atoms with Crippen LogP contribution < -0.4 is 21.1 Å². The maximum absolute atomic E-state index is 12.7. The molecule has 0 spiro atoms. The average Bonchev–Trinajstić information content (AvgIpc) is 2.91. The van der Waals surface area contributed by atoms with E-state index in [-0.39, 0.29) is 11.7 Å². The molecule has 0 aliphatic carbocycles. The number of pyridine rings is 1. The van der Waals surface area contributed by atoms with Gasteiger partial charge >= 0.3 is 0 Å². The standard InChI is InChI=1S/C28H29N5O4/c29-25-5-6-26(24-4-2-1-3-23(24)25)37-22-7-8-30-27(18-22)32-20-15-19(16-21(34)17-20)28(35)31-9-10-33-11-13-36-14-12-33/h1-8,15-18,34H,9-14,29H2,(H,30,32)(H,31,35). The quantitative estimate of drug-likeness (QED) is 0.267. The van der Waals surface area contributed by atoms with E-state index < -0.39 is 0 Å². The van der Waals surface area contributed by atoms with Crippen molar-refractivity contribution in [1.29, 1.82) is 0 Å². The van der Waals surface area contributed by atoms with Crippen LogP contribution >= 0.6 is 0 Å². The number of amides is 1. The van der Waals surface area contributed by atoms with Crippen LogP contribution in [0.15, 0.2) is 72.9 Å². The molecule has 0 radical (unpaired) electrons. The van der Waals surface area contributed by atoms with Crippen molar-refractivity contribution in [3.8, 4) is 17.2 Å². The predicted octanol–water partition coefficient (Wildman–Crippen LogP) is 4.12. The van der Waals surface area contributed by atoms with Crippen LogP contribution in [0.1, 0.15) is 10.4 Å². The second kappa shape index (κ2) is 11.2. The number of fused-ring (bicyclic) bond motifs is 1. The third-order valence-corrected chi connectivity index (χ3v) is 6.15. The summed E-state index contributed by atoms with van der Waals surface area (Å²) in [6, 6.07) is 19.6. The molecule has 0 unspecified atom stereocenters. The minimum Gasteiger partial charge on any atom is -0.508 e. The number of nitrogens with one attached hydrogen (secondary N) is 2. The molecule has 0 atom stereocenters. The Kier molecular flexibility index (Phi) is 7.34. The number of anilines is 3. The summed E-state index contributed by atoms with van der Waals surface area (Å²) in [5, 5.41) is 18.1. The Hall–Kier alpha value is -4.34. The number of hydrogen-bond donors (Lipinski definition) is 4. The minimum atomic E-state index is -0.257. The molecule has 1 aliphatic rings. The van der Waals surface area contributed by atoms with Gasteiger partial charge < -0.3 is 30.9 Å². The van der Waals surface area contributed by atoms with E-state index in [1.807, 2.05) is 36.4 Å². The van der Waals surface area contributed by atoms with E-state index >= 15 is 0 Å². The second-order valence-electron chi connectivity index (χ2n) is 8.78. The number of ether oxygens (including phenoxy) is 2. The monoisotopic (exact) mass is 499 g/mol. The molecule has 0 saturated carbocycles. The van der Waals surface area contributed by atoms with Crippen molar-refractivity contribution < 1.29 is 19.4 Å². The highest BCUT2D eigenvalue weighted by Gasteiger charge is 2.13. The van der Waals surface area contributed by atoms with Crippen molar-refractivity contribution in [2.75, 3.05) is 50.4 Å². The zero-order chi connectivity index (χ0) is 25.6.